The van der Waals surface area contributed by atoms with Crippen LogP contribution < -0.4 is 10.6 Å². The van der Waals surface area contributed by atoms with E-state index in [9.17, 15) is 14.7 Å². The molecule has 1 amide bonds. The summed E-state index contributed by atoms with van der Waals surface area (Å²) in [6.45, 7) is 6.54. The summed E-state index contributed by atoms with van der Waals surface area (Å²) in [5.74, 6) is 1.54. The van der Waals surface area contributed by atoms with Crippen LogP contribution in [0.1, 0.15) is 45.9 Å². The van der Waals surface area contributed by atoms with Crippen molar-refractivity contribution in [3.63, 3.8) is 0 Å². The van der Waals surface area contributed by atoms with Gasteiger partial charge in [0.05, 0.1) is 11.4 Å². The Hall–Kier alpha value is -3.55. The lowest BCUT2D eigenvalue weighted by Crippen LogP contribution is -2.49. The number of amides is 1. The Morgan fingerprint density at radius 3 is 2.34 bits per heavy atom. The quantitative estimate of drug-likeness (QED) is 0.660. The highest BCUT2D eigenvalue weighted by Crippen LogP contribution is 2.40. The number of pyridine rings is 1. The maximum atomic E-state index is 13.0. The number of hydrogen-bond acceptors (Lipinski definition) is 5. The maximum Gasteiger partial charge on any atom is 0.333 e. The number of hydrogen-bond donors (Lipinski definition) is 2. The van der Waals surface area contributed by atoms with E-state index >= 15 is 0 Å². The molecule has 8 heteroatoms. The molecule has 3 heterocycles. The van der Waals surface area contributed by atoms with Crippen molar-refractivity contribution in [2.24, 2.45) is 0 Å². The number of nitrogens with one attached hydrogen (secondary N) is 1. The normalized spacial score (nSPS) is 16.4. The van der Waals surface area contributed by atoms with Crippen LogP contribution in [-0.4, -0.2) is 56.6 Å². The Balaban J connectivity index is 1.25. The van der Waals surface area contributed by atoms with E-state index in [1.807, 2.05) is 11.1 Å². The number of rotatable bonds is 4. The lowest BCUT2D eigenvalue weighted by atomic mass is 10.1. The highest BCUT2D eigenvalue weighted by Gasteiger charge is 2.27. The number of anilines is 1. The van der Waals surface area contributed by atoms with Gasteiger partial charge in [-0.15, -0.1) is 0 Å². The van der Waals surface area contributed by atoms with Crippen molar-refractivity contribution in [3.8, 4) is 11.6 Å². The summed E-state index contributed by atoms with van der Waals surface area (Å²) in [6, 6.07) is 9.15. The Kier molecular flexibility index (Phi) is 5.00. The van der Waals surface area contributed by atoms with Crippen LogP contribution in [0.5, 0.6) is 5.88 Å². The molecule has 8 nitrogen and oxygen atoms in total. The predicted molar refractivity (Wildman–Crippen MR) is 122 cm³/mol. The number of nitrogens with zero attached hydrogens (tertiary/aromatic N) is 4. The number of benzene rings is 1. The minimum Gasteiger partial charge on any atom is -0.493 e. The van der Waals surface area contributed by atoms with Gasteiger partial charge in [-0.3, -0.25) is 14.3 Å². The number of H-pyrrole nitrogens is 1. The predicted octanol–water partition coefficient (Wildman–Crippen LogP) is 2.72. The minimum absolute atomic E-state index is 0.0223. The van der Waals surface area contributed by atoms with E-state index < -0.39 is 5.69 Å². The third-order valence-corrected chi connectivity index (χ3v) is 6.47. The number of imidazole rings is 1. The van der Waals surface area contributed by atoms with Crippen LogP contribution in [0.25, 0.3) is 5.69 Å². The number of aromatic amines is 1. The van der Waals surface area contributed by atoms with Gasteiger partial charge in [-0.05, 0) is 68.0 Å². The van der Waals surface area contributed by atoms with Gasteiger partial charge in [0.25, 0.3) is 5.91 Å². The van der Waals surface area contributed by atoms with Crippen LogP contribution in [-0.2, 0) is 0 Å². The van der Waals surface area contributed by atoms with Gasteiger partial charge in [0.1, 0.15) is 5.82 Å². The number of aromatic nitrogens is 3. The van der Waals surface area contributed by atoms with Gasteiger partial charge in [-0.25, -0.2) is 9.78 Å². The fourth-order valence-electron chi connectivity index (χ4n) is 4.43. The Bertz CT molecular complexity index is 1220. The third kappa shape index (κ3) is 3.66. The summed E-state index contributed by atoms with van der Waals surface area (Å²) in [4.78, 5) is 36.2. The lowest BCUT2D eigenvalue weighted by Gasteiger charge is -2.36. The fourth-order valence-corrected chi connectivity index (χ4v) is 4.43. The summed E-state index contributed by atoms with van der Waals surface area (Å²) in [6.07, 6.45) is 4.55. The van der Waals surface area contributed by atoms with Gasteiger partial charge in [0.2, 0.25) is 5.88 Å². The molecule has 2 aliphatic rings. The smallest absolute Gasteiger partial charge is 0.333 e. The summed E-state index contributed by atoms with van der Waals surface area (Å²) in [5.41, 5.74) is 3.74. The van der Waals surface area contributed by atoms with Crippen LogP contribution in [0, 0.1) is 13.8 Å². The van der Waals surface area contributed by atoms with Crippen molar-refractivity contribution >= 4 is 11.7 Å². The molecule has 2 N–H and O–H groups in total. The first-order valence-electron chi connectivity index (χ1n) is 11.0. The van der Waals surface area contributed by atoms with Gasteiger partial charge < -0.3 is 14.9 Å². The molecule has 2 aromatic heterocycles. The molecule has 3 aromatic rings. The van der Waals surface area contributed by atoms with Gasteiger partial charge >= 0.3 is 5.69 Å². The average molecular weight is 434 g/mol. The second-order valence-electron chi connectivity index (χ2n) is 8.71. The molecule has 0 bridgehead atoms. The van der Waals surface area contributed by atoms with E-state index in [0.717, 1.165) is 18.9 Å². The molecule has 2 fully saturated rings. The molecule has 0 spiro atoms. The Morgan fingerprint density at radius 1 is 1.09 bits per heavy atom. The zero-order valence-electron chi connectivity index (χ0n) is 18.3. The molecule has 166 valence electrons. The SMILES string of the molecule is Cc1cc(C2CC2)cnc1N1CCN(C(=O)c2ccc(-n3c(C)c(O)[nH]c3=O)cc2)CC1. The van der Waals surface area contributed by atoms with E-state index in [1.54, 1.807) is 31.2 Å². The molecular formula is C24H27N5O3. The second kappa shape index (κ2) is 7.85. The second-order valence-corrected chi connectivity index (χ2v) is 8.71. The van der Waals surface area contributed by atoms with Crippen molar-refractivity contribution in [2.75, 3.05) is 31.1 Å². The zero-order chi connectivity index (χ0) is 22.4. The molecule has 0 unspecified atom stereocenters. The topological polar surface area (TPSA) is 94.5 Å². The van der Waals surface area contributed by atoms with E-state index in [-0.39, 0.29) is 11.8 Å². The maximum absolute atomic E-state index is 13.0. The number of carbonyl (C=O) groups is 1. The minimum atomic E-state index is -0.413. The summed E-state index contributed by atoms with van der Waals surface area (Å²) in [7, 11) is 0. The summed E-state index contributed by atoms with van der Waals surface area (Å²) >= 11 is 0. The van der Waals surface area contributed by atoms with Gasteiger partial charge in [-0.1, -0.05) is 6.07 Å². The molecule has 1 aliphatic carbocycles. The summed E-state index contributed by atoms with van der Waals surface area (Å²) in [5, 5.41) is 9.71. The van der Waals surface area contributed by atoms with Crippen LogP contribution >= 0.6 is 0 Å². The first-order valence-corrected chi connectivity index (χ1v) is 11.0. The fraction of sp³-hybridized carbons (Fsp3) is 0.375. The van der Waals surface area contributed by atoms with E-state index in [0.29, 0.717) is 36.0 Å². The van der Waals surface area contributed by atoms with Crippen molar-refractivity contribution < 1.29 is 9.90 Å². The van der Waals surface area contributed by atoms with Gasteiger partial charge in [0.15, 0.2) is 0 Å². The first-order chi connectivity index (χ1) is 15.4. The van der Waals surface area contributed by atoms with Crippen molar-refractivity contribution in [2.45, 2.75) is 32.6 Å². The Labute approximate surface area is 186 Å². The molecule has 32 heavy (non-hydrogen) atoms. The van der Waals surface area contributed by atoms with Gasteiger partial charge in [0, 0.05) is 37.9 Å². The van der Waals surface area contributed by atoms with E-state index in [4.69, 9.17) is 4.98 Å². The standard InChI is InChI=1S/C24H27N5O3/c1-15-13-19(17-3-4-17)14-25-21(15)27-9-11-28(12-10-27)23(31)18-5-7-20(8-6-18)29-16(2)22(30)26-24(29)32/h5-8,13-14,17,30H,3-4,9-12H2,1-2H3,(H,26,32). The van der Waals surface area contributed by atoms with E-state index in [1.165, 1.54) is 28.5 Å². The van der Waals surface area contributed by atoms with Crippen LogP contribution in [0.3, 0.4) is 0 Å². The van der Waals surface area contributed by atoms with Crippen LogP contribution in [0.15, 0.2) is 41.3 Å². The largest absolute Gasteiger partial charge is 0.493 e. The number of piperazine rings is 1. The monoisotopic (exact) mass is 433 g/mol. The number of aromatic hydroxyl groups is 1. The summed E-state index contributed by atoms with van der Waals surface area (Å²) < 4.78 is 1.38. The lowest BCUT2D eigenvalue weighted by molar-refractivity contribution is 0.0746. The highest BCUT2D eigenvalue weighted by molar-refractivity contribution is 5.94. The average Bonchev–Trinajstić information content (AvgIpc) is 3.61. The molecule has 5 rings (SSSR count). The van der Waals surface area contributed by atoms with Crippen molar-refractivity contribution in [1.29, 1.82) is 0 Å². The van der Waals surface area contributed by atoms with Gasteiger partial charge in [-0.2, -0.15) is 0 Å². The molecule has 1 aliphatic heterocycles. The Morgan fingerprint density at radius 2 is 1.78 bits per heavy atom. The third-order valence-electron chi connectivity index (χ3n) is 6.47. The molecule has 1 saturated carbocycles. The number of aryl methyl sites for hydroxylation is 1. The highest BCUT2D eigenvalue weighted by atomic mass is 16.3. The first kappa shape index (κ1) is 20.4. The number of carbonyl (C=O) groups excluding carboxylic acids is 1. The molecule has 1 saturated heterocycles. The van der Waals surface area contributed by atoms with Crippen LogP contribution in [0.2, 0.25) is 0 Å². The van der Waals surface area contributed by atoms with Crippen molar-refractivity contribution in [1.82, 2.24) is 19.4 Å². The van der Waals surface area contributed by atoms with E-state index in [2.05, 4.69) is 22.9 Å². The molecule has 1 aromatic carbocycles. The van der Waals surface area contributed by atoms with Crippen LogP contribution in [0.4, 0.5) is 5.82 Å². The zero-order valence-corrected chi connectivity index (χ0v) is 18.3. The van der Waals surface area contributed by atoms with Crippen molar-refractivity contribution in [3.05, 3.63) is 69.4 Å². The molecule has 0 radical (unpaired) electrons. The molecule has 0 atom stereocenters. The molecular weight excluding hydrogens is 406 g/mol.